The minimum Gasteiger partial charge on any atom is -0.403 e. The molecule has 18 heavy (non-hydrogen) atoms. The predicted octanol–water partition coefficient (Wildman–Crippen LogP) is 0.0470. The molecule has 0 atom stereocenters. The zero-order valence-electron chi connectivity index (χ0n) is 10.3. The van der Waals surface area contributed by atoms with Gasteiger partial charge in [0.2, 0.25) is 17.8 Å². The van der Waals surface area contributed by atoms with Gasteiger partial charge in [-0.3, -0.25) is 10.5 Å². The fourth-order valence-corrected chi connectivity index (χ4v) is 1.19. The summed E-state index contributed by atoms with van der Waals surface area (Å²) in [6.07, 6.45) is 0. The second-order valence-electron chi connectivity index (χ2n) is 3.77. The minimum absolute atomic E-state index is 0.119. The fraction of sp³-hybridized carbons (Fsp3) is 0.333. The molecule has 9 nitrogen and oxygen atoms in total. The highest BCUT2D eigenvalue weighted by molar-refractivity contribution is 5.36. The number of nitrogen functional groups attached to an aromatic ring is 1. The van der Waals surface area contributed by atoms with Crippen molar-refractivity contribution in [3.05, 3.63) is 11.8 Å². The first-order chi connectivity index (χ1) is 8.58. The third-order valence-corrected chi connectivity index (χ3v) is 2.01. The molecule has 0 saturated carbocycles. The Hall–Kier alpha value is -2.42. The van der Waals surface area contributed by atoms with Crippen LogP contribution in [0.4, 0.5) is 11.9 Å². The summed E-state index contributed by atoms with van der Waals surface area (Å²) in [4.78, 5) is 13.9. The van der Waals surface area contributed by atoms with Gasteiger partial charge in [-0.2, -0.15) is 15.0 Å². The molecule has 0 fully saturated rings. The Morgan fingerprint density at radius 2 is 2.11 bits per heavy atom. The number of rotatable bonds is 4. The number of aryl methyl sites for hydroxylation is 1. The Morgan fingerprint density at radius 1 is 1.33 bits per heavy atom. The van der Waals surface area contributed by atoms with Crippen LogP contribution < -0.4 is 20.9 Å². The van der Waals surface area contributed by atoms with E-state index in [-0.39, 0.29) is 12.0 Å². The minimum atomic E-state index is 0.119. The number of ether oxygens (including phenoxy) is 1. The van der Waals surface area contributed by atoms with E-state index < -0.39 is 0 Å². The van der Waals surface area contributed by atoms with Gasteiger partial charge in [0.15, 0.2) is 0 Å². The topological polar surface area (TPSA) is 118 Å². The van der Waals surface area contributed by atoms with Gasteiger partial charge in [-0.05, 0) is 6.92 Å². The van der Waals surface area contributed by atoms with Crippen LogP contribution in [-0.4, -0.2) is 39.2 Å². The summed E-state index contributed by atoms with van der Waals surface area (Å²) in [5.74, 6) is 6.32. The first-order valence-corrected chi connectivity index (χ1v) is 5.18. The quantitative estimate of drug-likeness (QED) is 0.514. The Morgan fingerprint density at radius 3 is 2.67 bits per heavy atom. The van der Waals surface area contributed by atoms with Crippen molar-refractivity contribution in [2.75, 3.05) is 24.4 Å². The molecule has 0 aromatic carbocycles. The van der Waals surface area contributed by atoms with Crippen LogP contribution >= 0.6 is 0 Å². The SMILES string of the molecule is Cc1cc(Oc2nc(NN)nc(N(C)C)n2)n[nH]1. The van der Waals surface area contributed by atoms with Crippen molar-refractivity contribution in [2.45, 2.75) is 6.92 Å². The molecule has 2 rings (SSSR count). The third-order valence-electron chi connectivity index (χ3n) is 2.01. The lowest BCUT2D eigenvalue weighted by Gasteiger charge is -2.11. The Labute approximate surface area is 103 Å². The zero-order chi connectivity index (χ0) is 13.1. The monoisotopic (exact) mass is 250 g/mol. The number of hydrogen-bond acceptors (Lipinski definition) is 8. The molecule has 0 aliphatic rings. The van der Waals surface area contributed by atoms with E-state index >= 15 is 0 Å². The smallest absolute Gasteiger partial charge is 0.330 e. The van der Waals surface area contributed by atoms with Gasteiger partial charge in [-0.25, -0.2) is 5.84 Å². The molecule has 0 saturated heterocycles. The molecule has 0 aliphatic heterocycles. The van der Waals surface area contributed by atoms with E-state index in [1.807, 2.05) is 6.92 Å². The van der Waals surface area contributed by atoms with Crippen LogP contribution in [0.1, 0.15) is 5.69 Å². The van der Waals surface area contributed by atoms with Crippen LogP contribution in [0.25, 0.3) is 0 Å². The van der Waals surface area contributed by atoms with Crippen molar-refractivity contribution >= 4 is 11.9 Å². The van der Waals surface area contributed by atoms with Crippen LogP contribution in [0.5, 0.6) is 11.9 Å². The summed E-state index contributed by atoms with van der Waals surface area (Å²) in [5.41, 5.74) is 3.24. The second kappa shape index (κ2) is 4.84. The molecule has 0 unspecified atom stereocenters. The van der Waals surface area contributed by atoms with Crippen molar-refractivity contribution in [1.82, 2.24) is 25.1 Å². The van der Waals surface area contributed by atoms with E-state index in [9.17, 15) is 0 Å². The summed E-state index contributed by atoms with van der Waals surface area (Å²) < 4.78 is 5.41. The van der Waals surface area contributed by atoms with Crippen molar-refractivity contribution in [1.29, 1.82) is 0 Å². The lowest BCUT2D eigenvalue weighted by atomic mass is 10.5. The van der Waals surface area contributed by atoms with Crippen LogP contribution in [0.15, 0.2) is 6.07 Å². The number of hydrogen-bond donors (Lipinski definition) is 3. The summed E-state index contributed by atoms with van der Waals surface area (Å²) in [6.45, 7) is 1.87. The maximum atomic E-state index is 5.41. The second-order valence-corrected chi connectivity index (χ2v) is 3.77. The van der Waals surface area contributed by atoms with Gasteiger partial charge in [-0.15, -0.1) is 5.10 Å². The molecule has 0 spiro atoms. The summed E-state index contributed by atoms with van der Waals surface area (Å²) >= 11 is 0. The van der Waals surface area contributed by atoms with Crippen LogP contribution in [0.3, 0.4) is 0 Å². The van der Waals surface area contributed by atoms with E-state index in [0.29, 0.717) is 11.8 Å². The Kier molecular flexibility index (Phi) is 3.24. The number of aromatic nitrogens is 5. The van der Waals surface area contributed by atoms with Crippen molar-refractivity contribution in [2.24, 2.45) is 5.84 Å². The molecule has 96 valence electrons. The number of nitrogens with one attached hydrogen (secondary N) is 2. The van der Waals surface area contributed by atoms with Gasteiger partial charge >= 0.3 is 6.01 Å². The fourth-order valence-electron chi connectivity index (χ4n) is 1.19. The van der Waals surface area contributed by atoms with Gasteiger partial charge in [0.05, 0.1) is 0 Å². The van der Waals surface area contributed by atoms with E-state index in [1.165, 1.54) is 0 Å². The number of nitrogens with two attached hydrogens (primary N) is 1. The molecule has 0 aliphatic carbocycles. The Balaban J connectivity index is 2.29. The number of H-pyrrole nitrogens is 1. The van der Waals surface area contributed by atoms with Gasteiger partial charge in [0.25, 0.3) is 0 Å². The van der Waals surface area contributed by atoms with Crippen LogP contribution in [-0.2, 0) is 0 Å². The number of nitrogens with zero attached hydrogens (tertiary/aromatic N) is 5. The van der Waals surface area contributed by atoms with Crippen molar-refractivity contribution < 1.29 is 4.74 Å². The molecule has 2 aromatic rings. The maximum Gasteiger partial charge on any atom is 0.330 e. The molecule has 0 bridgehead atoms. The van der Waals surface area contributed by atoms with E-state index in [1.54, 1.807) is 25.1 Å². The average molecular weight is 250 g/mol. The molecule has 2 aromatic heterocycles. The van der Waals surface area contributed by atoms with Gasteiger partial charge in [0, 0.05) is 25.9 Å². The standard InChI is InChI=1S/C9H14N8O/c1-5-4-6(16-15-5)18-9-12-7(14-10)11-8(13-9)17(2)3/h4H,10H2,1-3H3,(H,15,16)(H,11,12,13,14). The third kappa shape index (κ3) is 2.63. The van der Waals surface area contributed by atoms with Crippen LogP contribution in [0, 0.1) is 6.92 Å². The highest BCUT2D eigenvalue weighted by atomic mass is 16.5. The number of aromatic amines is 1. The molecular weight excluding hydrogens is 236 g/mol. The Bertz CT molecular complexity index is 537. The first-order valence-electron chi connectivity index (χ1n) is 5.18. The van der Waals surface area contributed by atoms with Crippen molar-refractivity contribution in [3.63, 3.8) is 0 Å². The number of anilines is 2. The maximum absolute atomic E-state index is 5.41. The molecule has 9 heteroatoms. The molecule has 0 amide bonds. The molecule has 0 radical (unpaired) electrons. The first kappa shape index (κ1) is 12.0. The van der Waals surface area contributed by atoms with Crippen LogP contribution in [0.2, 0.25) is 0 Å². The van der Waals surface area contributed by atoms with Gasteiger partial charge < -0.3 is 9.64 Å². The van der Waals surface area contributed by atoms with Gasteiger partial charge in [-0.1, -0.05) is 0 Å². The van der Waals surface area contributed by atoms with E-state index in [4.69, 9.17) is 10.6 Å². The average Bonchev–Trinajstić information content (AvgIpc) is 2.74. The van der Waals surface area contributed by atoms with Crippen molar-refractivity contribution in [3.8, 4) is 11.9 Å². The number of hydrazine groups is 1. The molecule has 2 heterocycles. The van der Waals surface area contributed by atoms with E-state index in [2.05, 4.69) is 30.6 Å². The lowest BCUT2D eigenvalue weighted by molar-refractivity contribution is 0.423. The highest BCUT2D eigenvalue weighted by Gasteiger charge is 2.10. The van der Waals surface area contributed by atoms with E-state index in [0.717, 1.165) is 5.69 Å². The highest BCUT2D eigenvalue weighted by Crippen LogP contribution is 2.18. The lowest BCUT2D eigenvalue weighted by Crippen LogP contribution is -2.17. The largest absolute Gasteiger partial charge is 0.403 e. The normalized spacial score (nSPS) is 10.2. The summed E-state index contributed by atoms with van der Waals surface area (Å²) in [7, 11) is 3.61. The molecule has 4 N–H and O–H groups in total. The summed E-state index contributed by atoms with van der Waals surface area (Å²) in [5, 5.41) is 6.69. The summed E-state index contributed by atoms with van der Waals surface area (Å²) in [6, 6.07) is 1.85. The molecular formula is C9H14N8O. The zero-order valence-corrected chi connectivity index (χ0v) is 10.3. The predicted molar refractivity (Wildman–Crippen MR) is 65.4 cm³/mol. The van der Waals surface area contributed by atoms with Gasteiger partial charge in [0.1, 0.15) is 0 Å².